The third-order valence-corrected chi connectivity index (χ3v) is 5.62. The molecule has 3 aliphatic heterocycles. The first kappa shape index (κ1) is 14.9. The first-order valence-electron chi connectivity index (χ1n) is 9.18. The lowest BCUT2D eigenvalue weighted by molar-refractivity contribution is 0.311. The number of aromatic nitrogens is 5. The number of aliphatic imine (C=N–C) groups is 1. The van der Waals surface area contributed by atoms with Crippen molar-refractivity contribution in [3.63, 3.8) is 0 Å². The summed E-state index contributed by atoms with van der Waals surface area (Å²) in [7, 11) is 2.15. The van der Waals surface area contributed by atoms with Crippen molar-refractivity contribution in [2.24, 2.45) is 4.99 Å². The molecule has 0 spiro atoms. The third-order valence-electron chi connectivity index (χ3n) is 5.62. The molecule has 136 valence electrons. The molecule has 0 amide bonds. The van der Waals surface area contributed by atoms with Crippen LogP contribution >= 0.6 is 0 Å². The Morgan fingerprint density at radius 3 is 3.00 bits per heavy atom. The van der Waals surface area contributed by atoms with E-state index in [1.165, 1.54) is 6.42 Å². The van der Waals surface area contributed by atoms with Crippen LogP contribution in [0.25, 0.3) is 5.69 Å². The molecule has 9 heteroatoms. The van der Waals surface area contributed by atoms with Crippen molar-refractivity contribution in [2.75, 3.05) is 30.4 Å². The van der Waals surface area contributed by atoms with Crippen LogP contribution in [0.4, 0.5) is 5.82 Å². The van der Waals surface area contributed by atoms with E-state index in [-0.39, 0.29) is 0 Å². The smallest absolute Gasteiger partial charge is 0.162 e. The van der Waals surface area contributed by atoms with E-state index in [1.54, 1.807) is 4.79 Å². The highest BCUT2D eigenvalue weighted by Crippen LogP contribution is 2.34. The predicted octanol–water partition coefficient (Wildman–Crippen LogP) is 1.32. The van der Waals surface area contributed by atoms with Gasteiger partial charge in [-0.25, -0.2) is 9.98 Å². The Hall–Kier alpha value is -3.20. The SMILES string of the molecule is CN1CCCC1c1cn(N2CN=C3c4ccccc4-n4cncc4N32)nn1. The maximum atomic E-state index is 4.79. The summed E-state index contributed by atoms with van der Waals surface area (Å²) in [6, 6.07) is 8.59. The number of hydrogen-bond donors (Lipinski definition) is 0. The van der Waals surface area contributed by atoms with Crippen molar-refractivity contribution in [3.8, 4) is 5.69 Å². The number of benzene rings is 1. The highest BCUT2D eigenvalue weighted by atomic mass is 15.9. The molecule has 1 aromatic carbocycles. The molecule has 1 saturated heterocycles. The van der Waals surface area contributed by atoms with Gasteiger partial charge in [0.2, 0.25) is 0 Å². The Bertz CT molecular complexity index is 1050. The highest BCUT2D eigenvalue weighted by molar-refractivity contribution is 6.15. The fraction of sp³-hybridized carbons (Fsp3) is 0.333. The van der Waals surface area contributed by atoms with Crippen LogP contribution in [0, 0.1) is 0 Å². The summed E-state index contributed by atoms with van der Waals surface area (Å²) in [6.07, 6.45) is 8.04. The molecule has 1 unspecified atom stereocenters. The van der Waals surface area contributed by atoms with Crippen LogP contribution in [0.15, 0.2) is 48.0 Å². The second kappa shape index (κ2) is 5.40. The van der Waals surface area contributed by atoms with Gasteiger partial charge in [-0.3, -0.25) is 9.47 Å². The van der Waals surface area contributed by atoms with Gasteiger partial charge in [-0.2, -0.15) is 10.1 Å². The summed E-state index contributed by atoms with van der Waals surface area (Å²) < 4.78 is 2.08. The lowest BCUT2D eigenvalue weighted by Crippen LogP contribution is -2.51. The van der Waals surface area contributed by atoms with Gasteiger partial charge < -0.3 is 0 Å². The van der Waals surface area contributed by atoms with Gasteiger partial charge in [0.15, 0.2) is 18.3 Å². The number of amidine groups is 1. The minimum absolute atomic E-state index is 0.342. The molecule has 0 saturated carbocycles. The summed E-state index contributed by atoms with van der Waals surface area (Å²) in [6.45, 7) is 1.59. The number of hydrazine groups is 1. The number of anilines is 1. The Morgan fingerprint density at radius 1 is 1.19 bits per heavy atom. The molecule has 5 heterocycles. The minimum Gasteiger partial charge on any atom is -0.298 e. The molecule has 6 rings (SSSR count). The number of imidazole rings is 1. The molecular formula is C18H19N9. The van der Waals surface area contributed by atoms with Crippen molar-refractivity contribution in [1.82, 2.24) is 29.6 Å². The minimum atomic E-state index is 0.342. The van der Waals surface area contributed by atoms with Crippen molar-refractivity contribution in [2.45, 2.75) is 18.9 Å². The van der Waals surface area contributed by atoms with E-state index in [2.05, 4.69) is 49.0 Å². The van der Waals surface area contributed by atoms with Crippen molar-refractivity contribution in [1.29, 1.82) is 0 Å². The van der Waals surface area contributed by atoms with Gasteiger partial charge in [0.25, 0.3) is 0 Å². The zero-order valence-corrected chi connectivity index (χ0v) is 15.0. The molecule has 3 aliphatic rings. The van der Waals surface area contributed by atoms with E-state index in [0.717, 1.165) is 41.6 Å². The highest BCUT2D eigenvalue weighted by Gasteiger charge is 2.37. The lowest BCUT2D eigenvalue weighted by Gasteiger charge is -2.34. The molecule has 27 heavy (non-hydrogen) atoms. The van der Waals surface area contributed by atoms with Gasteiger partial charge in [-0.1, -0.05) is 12.1 Å². The zero-order chi connectivity index (χ0) is 18.0. The van der Waals surface area contributed by atoms with Gasteiger partial charge in [0.1, 0.15) is 12.0 Å². The Balaban J connectivity index is 1.40. The standard InChI is InChI=1S/C18H19N9/c1-23-8-4-7-16(23)14-10-25(22-21-14)26-12-20-18-13-5-2-3-6-15(13)24-11-19-9-17(24)27(18)26/h2-3,5-6,9-11,16H,4,7-8,12H2,1H3. The van der Waals surface area contributed by atoms with Crippen LogP contribution in [-0.2, 0) is 0 Å². The number of nitrogens with zero attached hydrogens (tertiary/aromatic N) is 9. The van der Waals surface area contributed by atoms with E-state index in [1.807, 2.05) is 36.0 Å². The largest absolute Gasteiger partial charge is 0.298 e. The fourth-order valence-electron chi connectivity index (χ4n) is 4.27. The van der Waals surface area contributed by atoms with Crippen LogP contribution < -0.4 is 10.1 Å². The van der Waals surface area contributed by atoms with Crippen LogP contribution in [0.3, 0.4) is 0 Å². The van der Waals surface area contributed by atoms with E-state index in [4.69, 9.17) is 4.99 Å². The number of para-hydroxylation sites is 1. The average Bonchev–Trinajstić information content (AvgIpc) is 3.46. The van der Waals surface area contributed by atoms with Crippen LogP contribution in [0.5, 0.6) is 0 Å². The van der Waals surface area contributed by atoms with Crippen molar-refractivity contribution < 1.29 is 0 Å². The molecule has 0 bridgehead atoms. The van der Waals surface area contributed by atoms with E-state index in [0.29, 0.717) is 12.7 Å². The molecule has 1 fully saturated rings. The van der Waals surface area contributed by atoms with Crippen LogP contribution in [0.2, 0.25) is 0 Å². The zero-order valence-electron chi connectivity index (χ0n) is 15.0. The van der Waals surface area contributed by atoms with Crippen LogP contribution in [-0.4, -0.2) is 55.7 Å². The second-order valence-corrected chi connectivity index (χ2v) is 7.15. The molecule has 2 aromatic heterocycles. The number of hydrogen-bond acceptors (Lipinski definition) is 7. The fourth-order valence-corrected chi connectivity index (χ4v) is 4.27. The maximum absolute atomic E-state index is 4.79. The molecule has 0 N–H and O–H groups in total. The first-order valence-corrected chi connectivity index (χ1v) is 9.18. The summed E-state index contributed by atoms with van der Waals surface area (Å²) >= 11 is 0. The van der Waals surface area contributed by atoms with E-state index in [9.17, 15) is 0 Å². The molecule has 1 atom stereocenters. The van der Waals surface area contributed by atoms with Gasteiger partial charge in [-0.15, -0.1) is 9.89 Å². The third kappa shape index (κ3) is 2.02. The number of rotatable bonds is 2. The van der Waals surface area contributed by atoms with E-state index >= 15 is 0 Å². The average molecular weight is 361 g/mol. The molecule has 0 radical (unpaired) electrons. The Labute approximate surface area is 156 Å². The van der Waals surface area contributed by atoms with Crippen LogP contribution in [0.1, 0.15) is 30.1 Å². The van der Waals surface area contributed by atoms with Gasteiger partial charge >= 0.3 is 0 Å². The van der Waals surface area contributed by atoms with Crippen molar-refractivity contribution >= 4 is 11.7 Å². The summed E-state index contributed by atoms with van der Waals surface area (Å²) in [5, 5.41) is 12.9. The summed E-state index contributed by atoms with van der Waals surface area (Å²) in [5.74, 6) is 1.86. The Morgan fingerprint density at radius 2 is 2.11 bits per heavy atom. The Kier molecular flexibility index (Phi) is 2.98. The summed E-state index contributed by atoms with van der Waals surface area (Å²) in [4.78, 5) is 13.3. The maximum Gasteiger partial charge on any atom is 0.162 e. The van der Waals surface area contributed by atoms with Gasteiger partial charge in [-0.05, 0) is 43.8 Å². The normalized spacial score (nSPS) is 21.2. The monoisotopic (exact) mass is 361 g/mol. The predicted molar refractivity (Wildman–Crippen MR) is 100 cm³/mol. The molecule has 9 nitrogen and oxygen atoms in total. The molecule has 0 aliphatic carbocycles. The van der Waals surface area contributed by atoms with E-state index < -0.39 is 0 Å². The van der Waals surface area contributed by atoms with Gasteiger partial charge in [0, 0.05) is 5.56 Å². The summed E-state index contributed by atoms with van der Waals surface area (Å²) in [5.41, 5.74) is 3.18. The molecule has 3 aromatic rings. The van der Waals surface area contributed by atoms with Crippen molar-refractivity contribution in [3.05, 3.63) is 54.2 Å². The number of likely N-dealkylation sites (tertiary alicyclic amines) is 1. The number of fused-ring (bicyclic) bond motifs is 6. The first-order chi connectivity index (χ1) is 13.3. The molecular weight excluding hydrogens is 342 g/mol. The topological polar surface area (TPSA) is 70.6 Å². The second-order valence-electron chi connectivity index (χ2n) is 7.15. The van der Waals surface area contributed by atoms with Gasteiger partial charge in [0.05, 0.1) is 24.1 Å². The lowest BCUT2D eigenvalue weighted by atomic mass is 10.1. The quantitative estimate of drug-likeness (QED) is 0.686.